The second-order valence-electron chi connectivity index (χ2n) is 4.36. The highest BCUT2D eigenvalue weighted by Gasteiger charge is 2.40. The monoisotopic (exact) mass is 262 g/mol. The van der Waals surface area contributed by atoms with E-state index in [0.717, 1.165) is 11.3 Å². The lowest BCUT2D eigenvalue weighted by Gasteiger charge is -2.17. The van der Waals surface area contributed by atoms with Crippen molar-refractivity contribution >= 4 is 5.69 Å². The van der Waals surface area contributed by atoms with E-state index in [-0.39, 0.29) is 12.5 Å². The first-order valence-electron chi connectivity index (χ1n) is 5.70. The van der Waals surface area contributed by atoms with E-state index in [4.69, 9.17) is 0 Å². The number of fused-ring (bicyclic) bond motifs is 1. The summed E-state index contributed by atoms with van der Waals surface area (Å²) in [7, 11) is 0. The van der Waals surface area contributed by atoms with Crippen LogP contribution in [0.5, 0.6) is 0 Å². The number of rotatable bonds is 5. The van der Waals surface area contributed by atoms with E-state index in [9.17, 15) is 17.6 Å². The van der Waals surface area contributed by atoms with Crippen LogP contribution in [0.15, 0.2) is 24.3 Å². The van der Waals surface area contributed by atoms with Gasteiger partial charge in [0.1, 0.15) is 0 Å². The van der Waals surface area contributed by atoms with Crippen LogP contribution in [0, 0.1) is 0 Å². The number of alkyl halides is 4. The maximum absolute atomic E-state index is 12.7. The molecule has 0 amide bonds. The van der Waals surface area contributed by atoms with E-state index >= 15 is 0 Å². The van der Waals surface area contributed by atoms with Gasteiger partial charge in [0.2, 0.25) is 0 Å². The lowest BCUT2D eigenvalue weighted by Crippen LogP contribution is -2.40. The van der Waals surface area contributed by atoms with Crippen molar-refractivity contribution in [2.45, 2.75) is 18.3 Å². The van der Waals surface area contributed by atoms with Crippen LogP contribution in [-0.2, 0) is 0 Å². The van der Waals surface area contributed by atoms with Crippen LogP contribution >= 0.6 is 0 Å². The highest BCUT2D eigenvalue weighted by atomic mass is 19.3. The predicted molar refractivity (Wildman–Crippen MR) is 61.5 cm³/mol. The molecule has 0 spiro atoms. The Labute approximate surface area is 102 Å². The van der Waals surface area contributed by atoms with Gasteiger partial charge in [0, 0.05) is 24.7 Å². The van der Waals surface area contributed by atoms with Gasteiger partial charge in [0.05, 0.1) is 6.54 Å². The average molecular weight is 262 g/mol. The molecule has 2 rings (SSSR count). The van der Waals surface area contributed by atoms with E-state index in [1.165, 1.54) is 0 Å². The van der Waals surface area contributed by atoms with Crippen LogP contribution in [0.25, 0.3) is 0 Å². The molecule has 0 aliphatic carbocycles. The van der Waals surface area contributed by atoms with E-state index in [1.807, 2.05) is 24.3 Å². The van der Waals surface area contributed by atoms with Crippen LogP contribution in [0.4, 0.5) is 23.2 Å². The molecular formula is C12H14F4N2. The fourth-order valence-electron chi connectivity index (χ4n) is 2.03. The Morgan fingerprint density at radius 2 is 2.06 bits per heavy atom. The number of benzene rings is 1. The van der Waals surface area contributed by atoms with Crippen molar-refractivity contribution in [1.82, 2.24) is 5.32 Å². The molecule has 18 heavy (non-hydrogen) atoms. The van der Waals surface area contributed by atoms with Gasteiger partial charge in [-0.05, 0) is 11.6 Å². The molecule has 1 heterocycles. The van der Waals surface area contributed by atoms with Gasteiger partial charge < -0.3 is 10.6 Å². The number of nitrogens with one attached hydrogen (secondary N) is 2. The quantitative estimate of drug-likeness (QED) is 0.797. The summed E-state index contributed by atoms with van der Waals surface area (Å²) in [6, 6.07) is 7.56. The first-order valence-corrected chi connectivity index (χ1v) is 5.70. The standard InChI is InChI=1S/C12H14F4N2/c13-11(14)12(15,16)7-17-5-8-6-18-10-4-2-1-3-9(8)10/h1-4,8,11,17-18H,5-7H2. The summed E-state index contributed by atoms with van der Waals surface area (Å²) in [6.07, 6.45) is -3.63. The van der Waals surface area contributed by atoms with E-state index in [2.05, 4.69) is 10.6 Å². The Kier molecular flexibility index (Phi) is 3.75. The van der Waals surface area contributed by atoms with Gasteiger partial charge in [-0.25, -0.2) is 8.78 Å². The van der Waals surface area contributed by atoms with Gasteiger partial charge in [0.15, 0.2) is 0 Å². The van der Waals surface area contributed by atoms with Crippen LogP contribution in [0.2, 0.25) is 0 Å². The highest BCUT2D eigenvalue weighted by Crippen LogP contribution is 2.30. The third-order valence-electron chi connectivity index (χ3n) is 3.01. The molecule has 2 N–H and O–H groups in total. The molecule has 100 valence electrons. The Morgan fingerprint density at radius 1 is 1.33 bits per heavy atom. The predicted octanol–water partition coefficient (Wildman–Crippen LogP) is 2.69. The number of para-hydroxylation sites is 1. The summed E-state index contributed by atoms with van der Waals surface area (Å²) >= 11 is 0. The molecule has 1 aromatic rings. The minimum atomic E-state index is -3.97. The number of anilines is 1. The smallest absolute Gasteiger partial charge is 0.319 e. The fraction of sp³-hybridized carbons (Fsp3) is 0.500. The zero-order chi connectivity index (χ0) is 13.2. The first-order chi connectivity index (χ1) is 8.50. The summed E-state index contributed by atoms with van der Waals surface area (Å²) in [4.78, 5) is 0. The van der Waals surface area contributed by atoms with Gasteiger partial charge in [-0.2, -0.15) is 8.78 Å². The van der Waals surface area contributed by atoms with E-state index in [1.54, 1.807) is 0 Å². The zero-order valence-corrected chi connectivity index (χ0v) is 9.60. The third kappa shape index (κ3) is 2.75. The summed E-state index contributed by atoms with van der Waals surface area (Å²) in [5, 5.41) is 5.56. The van der Waals surface area contributed by atoms with Crippen molar-refractivity contribution < 1.29 is 17.6 Å². The Bertz CT molecular complexity index is 409. The van der Waals surface area contributed by atoms with Gasteiger partial charge in [-0.1, -0.05) is 18.2 Å². The van der Waals surface area contributed by atoms with Gasteiger partial charge in [-0.15, -0.1) is 0 Å². The van der Waals surface area contributed by atoms with Gasteiger partial charge >= 0.3 is 12.3 Å². The van der Waals surface area contributed by atoms with Crippen molar-refractivity contribution in [2.75, 3.05) is 25.0 Å². The van der Waals surface area contributed by atoms with E-state index in [0.29, 0.717) is 6.54 Å². The van der Waals surface area contributed by atoms with Gasteiger partial charge in [-0.3, -0.25) is 0 Å². The highest BCUT2D eigenvalue weighted by molar-refractivity contribution is 5.57. The minimum absolute atomic E-state index is 0.0367. The maximum Gasteiger partial charge on any atom is 0.319 e. The molecule has 1 aromatic carbocycles. The van der Waals surface area contributed by atoms with E-state index < -0.39 is 18.9 Å². The Morgan fingerprint density at radius 3 is 2.78 bits per heavy atom. The van der Waals surface area contributed by atoms with Crippen LogP contribution in [0.3, 0.4) is 0 Å². The van der Waals surface area contributed by atoms with Crippen molar-refractivity contribution in [2.24, 2.45) is 0 Å². The molecule has 0 radical (unpaired) electrons. The molecule has 0 bridgehead atoms. The van der Waals surface area contributed by atoms with Crippen molar-refractivity contribution in [3.63, 3.8) is 0 Å². The molecule has 1 aliphatic heterocycles. The second kappa shape index (κ2) is 5.14. The molecule has 2 nitrogen and oxygen atoms in total. The molecule has 0 fully saturated rings. The normalized spacial score (nSPS) is 18.8. The number of hydrogen-bond donors (Lipinski definition) is 2. The summed E-state index contributed by atoms with van der Waals surface area (Å²) in [6.45, 7) is -0.109. The van der Waals surface area contributed by atoms with Crippen LogP contribution in [0.1, 0.15) is 11.5 Å². The topological polar surface area (TPSA) is 24.1 Å². The lowest BCUT2D eigenvalue weighted by atomic mass is 10.0. The Balaban J connectivity index is 1.86. The van der Waals surface area contributed by atoms with Crippen molar-refractivity contribution in [3.8, 4) is 0 Å². The third-order valence-corrected chi connectivity index (χ3v) is 3.01. The number of halogens is 4. The molecule has 1 atom stereocenters. The SMILES string of the molecule is FC(F)C(F)(F)CNCC1CNc2ccccc21. The lowest BCUT2D eigenvalue weighted by molar-refractivity contribution is -0.125. The molecule has 0 saturated carbocycles. The second-order valence-corrected chi connectivity index (χ2v) is 4.36. The molecule has 6 heteroatoms. The fourth-order valence-corrected chi connectivity index (χ4v) is 2.03. The molecule has 0 saturated heterocycles. The van der Waals surface area contributed by atoms with Gasteiger partial charge in [0.25, 0.3) is 0 Å². The largest absolute Gasteiger partial charge is 0.384 e. The zero-order valence-electron chi connectivity index (χ0n) is 9.60. The van der Waals surface area contributed by atoms with Crippen LogP contribution in [-0.4, -0.2) is 32.0 Å². The summed E-state index contributed by atoms with van der Waals surface area (Å²) in [5.41, 5.74) is 2.01. The molecule has 0 aromatic heterocycles. The summed E-state index contributed by atoms with van der Waals surface area (Å²) < 4.78 is 49.3. The number of hydrogen-bond acceptors (Lipinski definition) is 2. The van der Waals surface area contributed by atoms with Crippen molar-refractivity contribution in [1.29, 1.82) is 0 Å². The Hall–Kier alpha value is -1.30. The molecule has 1 aliphatic rings. The maximum atomic E-state index is 12.7. The average Bonchev–Trinajstić information content (AvgIpc) is 2.72. The molecular weight excluding hydrogens is 248 g/mol. The molecule has 1 unspecified atom stereocenters. The summed E-state index contributed by atoms with van der Waals surface area (Å²) in [5.74, 6) is -3.93. The van der Waals surface area contributed by atoms with Crippen LogP contribution < -0.4 is 10.6 Å². The first kappa shape index (κ1) is 13.1. The minimum Gasteiger partial charge on any atom is -0.384 e. The van der Waals surface area contributed by atoms with Crippen molar-refractivity contribution in [3.05, 3.63) is 29.8 Å².